The molecule has 0 aromatic carbocycles. The average molecular weight is 183 g/mol. The molecule has 1 aliphatic rings. The van der Waals surface area contributed by atoms with Crippen LogP contribution in [0.25, 0.3) is 0 Å². The van der Waals surface area contributed by atoms with Crippen molar-refractivity contribution in [3.05, 3.63) is 0 Å². The van der Waals surface area contributed by atoms with Crippen molar-refractivity contribution in [1.29, 1.82) is 0 Å². The summed E-state index contributed by atoms with van der Waals surface area (Å²) >= 11 is 0. The Hall–Kier alpha value is -0.0400. The van der Waals surface area contributed by atoms with Crippen LogP contribution in [0.15, 0.2) is 0 Å². The number of likely N-dealkylation sites (tertiary alicyclic amines) is 1. The summed E-state index contributed by atoms with van der Waals surface area (Å²) in [5.41, 5.74) is 0.484. The van der Waals surface area contributed by atoms with Crippen LogP contribution in [-0.4, -0.2) is 24.5 Å². The largest absolute Gasteiger partial charge is 0.303 e. The molecule has 0 N–H and O–H groups in total. The first-order valence-electron chi connectivity index (χ1n) is 5.52. The van der Waals surface area contributed by atoms with Gasteiger partial charge in [0.25, 0.3) is 0 Å². The van der Waals surface area contributed by atoms with Crippen molar-refractivity contribution < 1.29 is 0 Å². The molecular weight excluding hydrogens is 158 g/mol. The summed E-state index contributed by atoms with van der Waals surface area (Å²) < 4.78 is 0. The van der Waals surface area contributed by atoms with Gasteiger partial charge in [-0.1, -0.05) is 34.6 Å². The fourth-order valence-electron chi connectivity index (χ4n) is 2.44. The van der Waals surface area contributed by atoms with E-state index in [1.165, 1.54) is 13.0 Å². The Bertz CT molecular complexity index is 166. The summed E-state index contributed by atoms with van der Waals surface area (Å²) in [5, 5.41) is 0. The van der Waals surface area contributed by atoms with Gasteiger partial charge in [0, 0.05) is 12.6 Å². The molecule has 1 nitrogen and oxygen atoms in total. The highest BCUT2D eigenvalue weighted by Crippen LogP contribution is 2.37. The molecule has 0 spiro atoms. The minimum atomic E-state index is 0.484. The van der Waals surface area contributed by atoms with Crippen LogP contribution >= 0.6 is 0 Å². The number of hydrogen-bond donors (Lipinski definition) is 0. The normalized spacial score (nSPS) is 31.6. The van der Waals surface area contributed by atoms with Crippen molar-refractivity contribution in [2.24, 2.45) is 17.3 Å². The second-order valence-corrected chi connectivity index (χ2v) is 6.05. The van der Waals surface area contributed by atoms with Gasteiger partial charge < -0.3 is 4.90 Å². The van der Waals surface area contributed by atoms with E-state index in [1.807, 2.05) is 0 Å². The molecule has 78 valence electrons. The van der Waals surface area contributed by atoms with Gasteiger partial charge in [-0.05, 0) is 30.7 Å². The van der Waals surface area contributed by atoms with Gasteiger partial charge >= 0.3 is 0 Å². The molecule has 0 aromatic heterocycles. The quantitative estimate of drug-likeness (QED) is 0.604. The lowest BCUT2D eigenvalue weighted by molar-refractivity contribution is 0.234. The topological polar surface area (TPSA) is 3.24 Å². The second-order valence-electron chi connectivity index (χ2n) is 6.05. The summed E-state index contributed by atoms with van der Waals surface area (Å²) in [6.07, 6.45) is 1.39. The van der Waals surface area contributed by atoms with Gasteiger partial charge in [0.15, 0.2) is 0 Å². The maximum Gasteiger partial charge on any atom is 0.0119 e. The van der Waals surface area contributed by atoms with Crippen LogP contribution < -0.4 is 0 Å². The molecule has 1 fully saturated rings. The molecule has 0 aromatic rings. The van der Waals surface area contributed by atoms with E-state index in [-0.39, 0.29) is 0 Å². The van der Waals surface area contributed by atoms with Gasteiger partial charge in [-0.3, -0.25) is 0 Å². The molecule has 0 bridgehead atoms. The van der Waals surface area contributed by atoms with Gasteiger partial charge in [-0.15, -0.1) is 0 Å². The lowest BCUT2D eigenvalue weighted by Crippen LogP contribution is -2.29. The molecule has 2 atom stereocenters. The zero-order chi connectivity index (χ0) is 10.2. The Morgan fingerprint density at radius 3 is 2.00 bits per heavy atom. The van der Waals surface area contributed by atoms with Gasteiger partial charge in [0.2, 0.25) is 0 Å². The van der Waals surface area contributed by atoms with Crippen LogP contribution in [0.5, 0.6) is 0 Å². The van der Waals surface area contributed by atoms with Crippen molar-refractivity contribution in [2.45, 2.75) is 47.1 Å². The van der Waals surface area contributed by atoms with Crippen molar-refractivity contribution in [3.63, 3.8) is 0 Å². The predicted molar refractivity (Wildman–Crippen MR) is 58.8 cm³/mol. The molecular formula is C12H25N. The van der Waals surface area contributed by atoms with E-state index in [4.69, 9.17) is 0 Å². The third kappa shape index (κ3) is 2.46. The Labute approximate surface area is 83.5 Å². The molecule has 1 unspecified atom stereocenters. The maximum absolute atomic E-state index is 2.54. The molecule has 1 saturated heterocycles. The van der Waals surface area contributed by atoms with Crippen LogP contribution in [0.3, 0.4) is 0 Å². The second kappa shape index (κ2) is 3.61. The van der Waals surface area contributed by atoms with Crippen LogP contribution in [-0.2, 0) is 0 Å². The molecule has 1 heteroatoms. The molecule has 0 amide bonds. The van der Waals surface area contributed by atoms with Crippen molar-refractivity contribution >= 4 is 0 Å². The zero-order valence-electron chi connectivity index (χ0n) is 10.1. The lowest BCUT2D eigenvalue weighted by Gasteiger charge is -2.26. The van der Waals surface area contributed by atoms with Gasteiger partial charge in [0.05, 0.1) is 0 Å². The van der Waals surface area contributed by atoms with Gasteiger partial charge in [-0.25, -0.2) is 0 Å². The minimum absolute atomic E-state index is 0.484. The number of nitrogens with zero attached hydrogens (tertiary/aromatic N) is 1. The Kier molecular flexibility index (Phi) is 3.06. The molecule has 1 heterocycles. The van der Waals surface area contributed by atoms with Crippen LogP contribution in [0.2, 0.25) is 0 Å². The predicted octanol–water partition coefficient (Wildman–Crippen LogP) is 3.01. The average Bonchev–Trinajstić information content (AvgIpc) is 2.29. The first-order valence-corrected chi connectivity index (χ1v) is 5.52. The fourth-order valence-corrected chi connectivity index (χ4v) is 2.44. The molecule has 0 radical (unpaired) electrons. The first kappa shape index (κ1) is 11.0. The highest BCUT2D eigenvalue weighted by Gasteiger charge is 2.37. The highest BCUT2D eigenvalue weighted by molar-refractivity contribution is 4.90. The molecule has 1 aliphatic heterocycles. The molecule has 0 aliphatic carbocycles. The highest BCUT2D eigenvalue weighted by atomic mass is 15.2. The van der Waals surface area contributed by atoms with Crippen molar-refractivity contribution in [1.82, 2.24) is 4.90 Å². The Balaban J connectivity index is 2.60. The zero-order valence-corrected chi connectivity index (χ0v) is 10.1. The maximum atomic E-state index is 2.54. The van der Waals surface area contributed by atoms with E-state index < -0.39 is 0 Å². The van der Waals surface area contributed by atoms with E-state index >= 15 is 0 Å². The number of rotatable bonds is 1. The SMILES string of the molecule is CC(C)C1C[C@H](C(C)(C)C)CN1C. The van der Waals surface area contributed by atoms with Gasteiger partial charge in [0.1, 0.15) is 0 Å². The van der Waals surface area contributed by atoms with Crippen LogP contribution in [0, 0.1) is 17.3 Å². The molecule has 13 heavy (non-hydrogen) atoms. The summed E-state index contributed by atoms with van der Waals surface area (Å²) in [5.74, 6) is 1.68. The monoisotopic (exact) mass is 183 g/mol. The standard InChI is InChI=1S/C12H25N/c1-9(2)11-7-10(8-13(11)6)12(3,4)5/h9-11H,7-8H2,1-6H3/t10-,11?/m0/s1. The summed E-state index contributed by atoms with van der Waals surface area (Å²) in [4.78, 5) is 2.54. The van der Waals surface area contributed by atoms with Crippen LogP contribution in [0.1, 0.15) is 41.0 Å². The third-order valence-corrected chi connectivity index (χ3v) is 3.59. The van der Waals surface area contributed by atoms with Crippen molar-refractivity contribution in [2.75, 3.05) is 13.6 Å². The smallest absolute Gasteiger partial charge is 0.0119 e. The first-order chi connectivity index (χ1) is 5.82. The summed E-state index contributed by atoms with van der Waals surface area (Å²) in [7, 11) is 2.27. The molecule has 0 saturated carbocycles. The Morgan fingerprint density at radius 1 is 1.23 bits per heavy atom. The van der Waals surface area contributed by atoms with E-state index in [2.05, 4.69) is 46.6 Å². The lowest BCUT2D eigenvalue weighted by atomic mass is 9.78. The molecule has 1 rings (SSSR count). The van der Waals surface area contributed by atoms with Crippen molar-refractivity contribution in [3.8, 4) is 0 Å². The fraction of sp³-hybridized carbons (Fsp3) is 1.00. The van der Waals surface area contributed by atoms with E-state index in [0.29, 0.717) is 5.41 Å². The summed E-state index contributed by atoms with van der Waals surface area (Å²) in [6, 6.07) is 0.809. The third-order valence-electron chi connectivity index (χ3n) is 3.59. The Morgan fingerprint density at radius 2 is 1.77 bits per heavy atom. The van der Waals surface area contributed by atoms with E-state index in [0.717, 1.165) is 17.9 Å². The van der Waals surface area contributed by atoms with Crippen LogP contribution in [0.4, 0.5) is 0 Å². The van der Waals surface area contributed by atoms with E-state index in [9.17, 15) is 0 Å². The van der Waals surface area contributed by atoms with Gasteiger partial charge in [-0.2, -0.15) is 0 Å². The number of hydrogen-bond acceptors (Lipinski definition) is 1. The summed E-state index contributed by atoms with van der Waals surface area (Å²) in [6.45, 7) is 13.1. The minimum Gasteiger partial charge on any atom is -0.303 e. The van der Waals surface area contributed by atoms with E-state index in [1.54, 1.807) is 0 Å².